The molecule has 0 saturated carbocycles. The van der Waals surface area contributed by atoms with E-state index >= 15 is 0 Å². The van der Waals surface area contributed by atoms with Crippen molar-refractivity contribution in [1.29, 1.82) is 0 Å². The van der Waals surface area contributed by atoms with Crippen LogP contribution in [0.2, 0.25) is 5.02 Å². The van der Waals surface area contributed by atoms with Gasteiger partial charge in [0.15, 0.2) is 0 Å². The minimum Gasteiger partial charge on any atom is -0.348 e. The molecule has 8 heteroatoms. The molecule has 0 atom stereocenters. The molecule has 1 amide bonds. The van der Waals surface area contributed by atoms with Gasteiger partial charge in [-0.2, -0.15) is 11.8 Å². The molecule has 0 aliphatic carbocycles. The fourth-order valence-electron chi connectivity index (χ4n) is 4.22. The van der Waals surface area contributed by atoms with Gasteiger partial charge in [0.1, 0.15) is 10.4 Å². The molecule has 0 spiro atoms. The third-order valence-corrected chi connectivity index (χ3v) is 8.44. The average Bonchev–Trinajstić information content (AvgIpc) is 3.31. The molecule has 5 rings (SSSR count). The number of carbonyl (C=O) groups excluding carboxylic acids is 1. The molecule has 35 heavy (non-hydrogen) atoms. The molecular weight excluding hydrogens is 498 g/mol. The summed E-state index contributed by atoms with van der Waals surface area (Å²) in [5.74, 6) is 1.92. The average molecular weight is 524 g/mol. The highest BCUT2D eigenvalue weighted by Gasteiger charge is 2.19. The van der Waals surface area contributed by atoms with E-state index in [4.69, 9.17) is 11.6 Å². The van der Waals surface area contributed by atoms with Crippen LogP contribution in [0.4, 0.5) is 0 Å². The lowest BCUT2D eigenvalue weighted by atomic mass is 10.1. The minimum absolute atomic E-state index is 0.168. The van der Waals surface area contributed by atoms with Crippen LogP contribution in [0, 0.1) is 0 Å². The Morgan fingerprint density at radius 1 is 0.971 bits per heavy atom. The fourth-order valence-corrected chi connectivity index (χ4v) is 6.50. The molecule has 4 aromatic rings. The number of pyridine rings is 1. The lowest BCUT2D eigenvalue weighted by Crippen LogP contribution is -2.31. The van der Waals surface area contributed by atoms with Crippen LogP contribution in [-0.2, 0) is 19.6 Å². The first-order chi connectivity index (χ1) is 17.1. The van der Waals surface area contributed by atoms with Crippen LogP contribution in [0.1, 0.15) is 26.4 Å². The third-order valence-electron chi connectivity index (χ3n) is 6.09. The van der Waals surface area contributed by atoms with E-state index in [1.807, 2.05) is 52.7 Å². The molecule has 180 valence electrons. The summed E-state index contributed by atoms with van der Waals surface area (Å²) in [4.78, 5) is 31.1. The van der Waals surface area contributed by atoms with Crippen LogP contribution in [0.5, 0.6) is 0 Å². The minimum atomic E-state index is -0.366. The van der Waals surface area contributed by atoms with E-state index in [-0.39, 0.29) is 16.9 Å². The van der Waals surface area contributed by atoms with Crippen molar-refractivity contribution >= 4 is 50.8 Å². The van der Waals surface area contributed by atoms with E-state index in [2.05, 4.69) is 22.3 Å². The van der Waals surface area contributed by atoms with Crippen molar-refractivity contribution in [3.8, 4) is 0 Å². The molecule has 1 aliphatic heterocycles. The second kappa shape index (κ2) is 11.0. The van der Waals surface area contributed by atoms with E-state index in [1.165, 1.54) is 0 Å². The van der Waals surface area contributed by atoms with Gasteiger partial charge in [-0.1, -0.05) is 54.1 Å². The van der Waals surface area contributed by atoms with Gasteiger partial charge in [-0.25, -0.2) is 0 Å². The van der Waals surface area contributed by atoms with E-state index in [9.17, 15) is 9.59 Å². The normalized spacial score (nSPS) is 14.3. The van der Waals surface area contributed by atoms with Gasteiger partial charge in [0.2, 0.25) is 5.43 Å². The highest BCUT2D eigenvalue weighted by atomic mass is 35.5. The Kier molecular flexibility index (Phi) is 7.58. The van der Waals surface area contributed by atoms with Crippen molar-refractivity contribution in [2.75, 3.05) is 24.6 Å². The predicted molar refractivity (Wildman–Crippen MR) is 147 cm³/mol. The van der Waals surface area contributed by atoms with Crippen LogP contribution in [0.15, 0.2) is 71.7 Å². The van der Waals surface area contributed by atoms with Crippen molar-refractivity contribution in [3.63, 3.8) is 0 Å². The summed E-state index contributed by atoms with van der Waals surface area (Å²) in [6.45, 7) is 3.88. The first-order valence-corrected chi connectivity index (χ1v) is 13.9. The monoisotopic (exact) mass is 523 g/mol. The number of aromatic nitrogens is 1. The first kappa shape index (κ1) is 24.1. The molecular formula is C27H26ClN3O2S2. The highest BCUT2D eigenvalue weighted by Crippen LogP contribution is 2.27. The zero-order valence-corrected chi connectivity index (χ0v) is 21.6. The molecule has 2 aromatic carbocycles. The lowest BCUT2D eigenvalue weighted by Gasteiger charge is -2.25. The Bertz CT molecular complexity index is 1380. The van der Waals surface area contributed by atoms with Crippen molar-refractivity contribution in [3.05, 3.63) is 104 Å². The SMILES string of the molecule is O=C(NCc1ccc(Cl)cc1)c1cn(Cc2ccccc2)c2sc(CN3CCSCC3)cc2c1=O. The number of carbonyl (C=O) groups is 1. The van der Waals surface area contributed by atoms with Crippen LogP contribution in [0.3, 0.4) is 0 Å². The molecule has 1 saturated heterocycles. The van der Waals surface area contributed by atoms with Crippen molar-refractivity contribution in [2.45, 2.75) is 19.6 Å². The summed E-state index contributed by atoms with van der Waals surface area (Å²) < 4.78 is 2.05. The molecule has 0 unspecified atom stereocenters. The van der Waals surface area contributed by atoms with Gasteiger partial charge in [0.05, 0.1) is 5.39 Å². The standard InChI is InChI=1S/C27H26ClN3O2S2/c28-21-8-6-19(7-9-21)15-29-26(33)24-18-31(16-20-4-2-1-3-5-20)27-23(25(24)32)14-22(35-27)17-30-10-12-34-13-11-30/h1-9,14,18H,10-13,15-17H2,(H,29,33). The van der Waals surface area contributed by atoms with Crippen LogP contribution >= 0.6 is 34.7 Å². The number of rotatable bonds is 7. The summed E-state index contributed by atoms with van der Waals surface area (Å²) >= 11 is 9.60. The second-order valence-electron chi connectivity index (χ2n) is 8.61. The Hall–Kier alpha value is -2.58. The number of nitrogens with one attached hydrogen (secondary N) is 1. The van der Waals surface area contributed by atoms with Crippen molar-refractivity contribution in [1.82, 2.24) is 14.8 Å². The number of hydrogen-bond acceptors (Lipinski definition) is 5. The number of hydrogen-bond donors (Lipinski definition) is 1. The second-order valence-corrected chi connectivity index (χ2v) is 11.4. The number of thiophene rings is 1. The Balaban J connectivity index is 1.47. The van der Waals surface area contributed by atoms with E-state index in [0.717, 1.165) is 52.0 Å². The molecule has 0 bridgehead atoms. The van der Waals surface area contributed by atoms with Gasteiger partial charge in [-0.3, -0.25) is 14.5 Å². The maximum atomic E-state index is 13.4. The Labute approximate surface area is 217 Å². The Morgan fingerprint density at radius 3 is 2.46 bits per heavy atom. The van der Waals surface area contributed by atoms with Crippen LogP contribution in [-0.4, -0.2) is 40.0 Å². The lowest BCUT2D eigenvalue weighted by molar-refractivity contribution is 0.0949. The molecule has 1 N–H and O–H groups in total. The van der Waals surface area contributed by atoms with Crippen molar-refractivity contribution < 1.29 is 4.79 Å². The summed E-state index contributed by atoms with van der Waals surface area (Å²) in [5, 5.41) is 4.16. The third kappa shape index (κ3) is 5.81. The number of halogens is 1. The molecule has 5 nitrogen and oxygen atoms in total. The van der Waals surface area contributed by atoms with Gasteiger partial charge in [-0.05, 0) is 29.3 Å². The first-order valence-electron chi connectivity index (χ1n) is 11.6. The smallest absolute Gasteiger partial charge is 0.257 e. The van der Waals surface area contributed by atoms with Gasteiger partial charge < -0.3 is 9.88 Å². The van der Waals surface area contributed by atoms with Gasteiger partial charge in [0.25, 0.3) is 5.91 Å². The molecule has 3 heterocycles. The van der Waals surface area contributed by atoms with E-state index in [0.29, 0.717) is 23.5 Å². The Morgan fingerprint density at radius 2 is 1.71 bits per heavy atom. The number of amides is 1. The summed E-state index contributed by atoms with van der Waals surface area (Å²) in [6, 6.07) is 19.4. The maximum Gasteiger partial charge on any atom is 0.257 e. The van der Waals surface area contributed by atoms with E-state index < -0.39 is 0 Å². The maximum absolute atomic E-state index is 13.4. The predicted octanol–water partition coefficient (Wildman–Crippen LogP) is 5.24. The molecule has 1 fully saturated rings. The zero-order chi connectivity index (χ0) is 24.2. The zero-order valence-electron chi connectivity index (χ0n) is 19.2. The fraction of sp³-hybridized carbons (Fsp3) is 0.259. The molecule has 1 aliphatic rings. The summed E-state index contributed by atoms with van der Waals surface area (Å²) in [6.07, 6.45) is 1.71. The largest absolute Gasteiger partial charge is 0.348 e. The quantitative estimate of drug-likeness (QED) is 0.360. The van der Waals surface area contributed by atoms with E-state index in [1.54, 1.807) is 29.7 Å². The van der Waals surface area contributed by atoms with Crippen LogP contribution < -0.4 is 10.7 Å². The molecule has 0 radical (unpaired) electrons. The van der Waals surface area contributed by atoms with Gasteiger partial charge >= 0.3 is 0 Å². The van der Waals surface area contributed by atoms with Crippen LogP contribution in [0.25, 0.3) is 10.2 Å². The van der Waals surface area contributed by atoms with Crippen molar-refractivity contribution in [2.24, 2.45) is 0 Å². The number of benzene rings is 2. The summed E-state index contributed by atoms with van der Waals surface area (Å²) in [7, 11) is 0. The molecule has 2 aromatic heterocycles. The number of fused-ring (bicyclic) bond motifs is 1. The highest BCUT2D eigenvalue weighted by molar-refractivity contribution is 7.99. The summed E-state index contributed by atoms with van der Waals surface area (Å²) in [5.41, 5.74) is 2.00. The van der Waals surface area contributed by atoms with Gasteiger partial charge in [0, 0.05) is 60.3 Å². The number of thioether (sulfide) groups is 1. The number of nitrogens with zero attached hydrogens (tertiary/aromatic N) is 2. The van der Waals surface area contributed by atoms with Gasteiger partial charge in [-0.15, -0.1) is 11.3 Å². The topological polar surface area (TPSA) is 54.3 Å².